The van der Waals surface area contributed by atoms with E-state index in [-0.39, 0.29) is 11.9 Å². The lowest BCUT2D eigenvalue weighted by Gasteiger charge is -2.33. The summed E-state index contributed by atoms with van der Waals surface area (Å²) in [4.78, 5) is 25.9. The first kappa shape index (κ1) is 15.5. The van der Waals surface area contributed by atoms with Crippen molar-refractivity contribution in [2.75, 3.05) is 13.7 Å². The lowest BCUT2D eigenvalue weighted by Crippen LogP contribution is -2.48. The van der Waals surface area contributed by atoms with Crippen LogP contribution in [-0.4, -0.2) is 36.5 Å². The number of benzene rings is 1. The number of hydrogen-bond donors (Lipinski definition) is 0. The molecule has 0 aromatic heterocycles. The van der Waals surface area contributed by atoms with Crippen molar-refractivity contribution in [3.63, 3.8) is 0 Å². The van der Waals surface area contributed by atoms with Gasteiger partial charge in [-0.15, -0.1) is 0 Å². The average molecular weight is 289 g/mol. The molecule has 1 aromatic rings. The Morgan fingerprint density at radius 2 is 1.95 bits per heavy atom. The molecule has 1 aromatic carbocycles. The third-order valence-electron chi connectivity index (χ3n) is 4.04. The Kier molecular flexibility index (Phi) is 5.37. The van der Waals surface area contributed by atoms with Crippen molar-refractivity contribution >= 4 is 11.9 Å². The molecule has 4 heteroatoms. The minimum absolute atomic E-state index is 0.0469. The van der Waals surface area contributed by atoms with Crippen molar-refractivity contribution in [1.82, 2.24) is 4.90 Å². The molecule has 2 rings (SSSR count). The Morgan fingerprint density at radius 1 is 1.24 bits per heavy atom. The number of amides is 1. The minimum Gasteiger partial charge on any atom is -0.467 e. The van der Waals surface area contributed by atoms with E-state index in [2.05, 4.69) is 24.3 Å². The molecule has 1 heterocycles. The van der Waals surface area contributed by atoms with Gasteiger partial charge < -0.3 is 9.64 Å². The van der Waals surface area contributed by atoms with Crippen molar-refractivity contribution in [2.24, 2.45) is 0 Å². The second kappa shape index (κ2) is 7.25. The van der Waals surface area contributed by atoms with Crippen molar-refractivity contribution < 1.29 is 14.3 Å². The van der Waals surface area contributed by atoms with Crippen LogP contribution < -0.4 is 0 Å². The summed E-state index contributed by atoms with van der Waals surface area (Å²) in [6, 6.07) is 7.82. The normalized spacial score (nSPS) is 18.4. The summed E-state index contributed by atoms with van der Waals surface area (Å²) in [5.41, 5.74) is 2.37. The topological polar surface area (TPSA) is 46.6 Å². The van der Waals surface area contributed by atoms with Crippen molar-refractivity contribution in [1.29, 1.82) is 0 Å². The number of ether oxygens (including phenoxy) is 1. The monoisotopic (exact) mass is 289 g/mol. The summed E-state index contributed by atoms with van der Waals surface area (Å²) in [5, 5.41) is 0. The molecule has 1 unspecified atom stereocenters. The number of carbonyl (C=O) groups is 2. The van der Waals surface area contributed by atoms with Crippen LogP contribution in [0.3, 0.4) is 0 Å². The fourth-order valence-electron chi connectivity index (χ4n) is 2.76. The Bertz CT molecular complexity index is 495. The van der Waals surface area contributed by atoms with E-state index in [0.717, 1.165) is 18.4 Å². The zero-order chi connectivity index (χ0) is 15.2. The molecule has 1 aliphatic rings. The van der Waals surface area contributed by atoms with Gasteiger partial charge in [-0.2, -0.15) is 0 Å². The molecule has 1 amide bonds. The Hall–Kier alpha value is -1.84. The van der Waals surface area contributed by atoms with E-state index in [0.29, 0.717) is 25.8 Å². The Balaban J connectivity index is 1.94. The molecular formula is C17H23NO3. The van der Waals surface area contributed by atoms with Gasteiger partial charge in [-0.05, 0) is 38.2 Å². The van der Waals surface area contributed by atoms with Crippen LogP contribution in [0.5, 0.6) is 0 Å². The molecule has 1 aliphatic heterocycles. The fraction of sp³-hybridized carbons (Fsp3) is 0.529. The molecule has 0 aliphatic carbocycles. The number of piperidine rings is 1. The number of methoxy groups -OCH3 is 1. The van der Waals surface area contributed by atoms with Gasteiger partial charge in [0.15, 0.2) is 0 Å². The van der Waals surface area contributed by atoms with E-state index in [1.807, 2.05) is 6.92 Å². The molecule has 1 atom stereocenters. The molecule has 4 nitrogen and oxygen atoms in total. The zero-order valence-electron chi connectivity index (χ0n) is 12.8. The van der Waals surface area contributed by atoms with Gasteiger partial charge in [-0.3, -0.25) is 4.79 Å². The van der Waals surface area contributed by atoms with Gasteiger partial charge in [0.25, 0.3) is 0 Å². The van der Waals surface area contributed by atoms with E-state index in [9.17, 15) is 9.59 Å². The summed E-state index contributed by atoms with van der Waals surface area (Å²) >= 11 is 0. The van der Waals surface area contributed by atoms with Crippen LogP contribution >= 0.6 is 0 Å². The van der Waals surface area contributed by atoms with Crippen LogP contribution in [0.15, 0.2) is 24.3 Å². The van der Waals surface area contributed by atoms with E-state index in [1.54, 1.807) is 4.90 Å². The zero-order valence-corrected chi connectivity index (χ0v) is 12.8. The van der Waals surface area contributed by atoms with Gasteiger partial charge in [-0.25, -0.2) is 4.79 Å². The van der Waals surface area contributed by atoms with E-state index >= 15 is 0 Å². The van der Waals surface area contributed by atoms with Gasteiger partial charge in [0.05, 0.1) is 7.11 Å². The molecule has 114 valence electrons. The molecule has 1 fully saturated rings. The summed E-state index contributed by atoms with van der Waals surface area (Å²) < 4.78 is 4.81. The van der Waals surface area contributed by atoms with Crippen LogP contribution in [0.25, 0.3) is 0 Å². The average Bonchev–Trinajstić information content (AvgIpc) is 2.53. The maximum Gasteiger partial charge on any atom is 0.328 e. The number of carbonyl (C=O) groups excluding carboxylic acids is 2. The van der Waals surface area contributed by atoms with Gasteiger partial charge in [0.1, 0.15) is 6.04 Å². The largest absolute Gasteiger partial charge is 0.467 e. The van der Waals surface area contributed by atoms with Crippen molar-refractivity contribution in [3.8, 4) is 0 Å². The highest BCUT2D eigenvalue weighted by Gasteiger charge is 2.32. The molecule has 0 radical (unpaired) electrons. The number of hydrogen-bond acceptors (Lipinski definition) is 3. The summed E-state index contributed by atoms with van der Waals surface area (Å²) in [5.74, 6) is -0.246. The molecule has 0 N–H and O–H groups in total. The molecule has 0 saturated carbocycles. The third-order valence-corrected chi connectivity index (χ3v) is 4.04. The summed E-state index contributed by atoms with van der Waals surface area (Å²) in [7, 11) is 1.38. The number of aryl methyl sites for hydroxylation is 2. The minimum atomic E-state index is -0.394. The fourth-order valence-corrected chi connectivity index (χ4v) is 2.76. The van der Waals surface area contributed by atoms with Crippen LogP contribution in [0.1, 0.15) is 36.8 Å². The molecular weight excluding hydrogens is 266 g/mol. The summed E-state index contributed by atoms with van der Waals surface area (Å²) in [6.45, 7) is 2.70. The van der Waals surface area contributed by atoms with Gasteiger partial charge in [0, 0.05) is 13.0 Å². The number of nitrogens with zero attached hydrogens (tertiary/aromatic N) is 1. The van der Waals surface area contributed by atoms with Gasteiger partial charge in [0.2, 0.25) is 5.91 Å². The first-order chi connectivity index (χ1) is 10.1. The van der Waals surface area contributed by atoms with Gasteiger partial charge >= 0.3 is 5.97 Å². The highest BCUT2D eigenvalue weighted by Crippen LogP contribution is 2.19. The van der Waals surface area contributed by atoms with Crippen LogP contribution in [-0.2, 0) is 20.7 Å². The highest BCUT2D eigenvalue weighted by atomic mass is 16.5. The van der Waals surface area contributed by atoms with Gasteiger partial charge in [-0.1, -0.05) is 29.8 Å². The number of esters is 1. The van der Waals surface area contributed by atoms with E-state index < -0.39 is 6.04 Å². The van der Waals surface area contributed by atoms with E-state index in [1.165, 1.54) is 12.7 Å². The third kappa shape index (κ3) is 4.06. The highest BCUT2D eigenvalue weighted by molar-refractivity contribution is 5.84. The quantitative estimate of drug-likeness (QED) is 0.800. The second-order valence-corrected chi connectivity index (χ2v) is 5.61. The molecule has 21 heavy (non-hydrogen) atoms. The van der Waals surface area contributed by atoms with Crippen molar-refractivity contribution in [3.05, 3.63) is 35.4 Å². The first-order valence-corrected chi connectivity index (χ1v) is 7.54. The lowest BCUT2D eigenvalue weighted by molar-refractivity contribution is -0.154. The first-order valence-electron chi connectivity index (χ1n) is 7.54. The van der Waals surface area contributed by atoms with E-state index in [4.69, 9.17) is 4.74 Å². The maximum atomic E-state index is 12.4. The molecule has 1 saturated heterocycles. The molecule has 0 spiro atoms. The van der Waals surface area contributed by atoms with Crippen LogP contribution in [0, 0.1) is 6.92 Å². The second-order valence-electron chi connectivity index (χ2n) is 5.61. The Labute approximate surface area is 126 Å². The van der Waals surface area contributed by atoms with Crippen LogP contribution in [0.4, 0.5) is 0 Å². The number of rotatable bonds is 4. The molecule has 0 bridgehead atoms. The standard InChI is InChI=1S/C17H23NO3/c1-13-6-8-14(9-7-13)10-11-16(19)18-12-4-3-5-15(18)17(20)21-2/h6-9,15H,3-5,10-12H2,1-2H3. The lowest BCUT2D eigenvalue weighted by atomic mass is 10.0. The predicted molar refractivity (Wildman–Crippen MR) is 80.9 cm³/mol. The predicted octanol–water partition coefficient (Wildman–Crippen LogP) is 2.48. The number of likely N-dealkylation sites (tertiary alicyclic amines) is 1. The SMILES string of the molecule is COC(=O)C1CCCCN1C(=O)CCc1ccc(C)cc1. The van der Waals surface area contributed by atoms with Crippen molar-refractivity contribution in [2.45, 2.75) is 45.1 Å². The Morgan fingerprint density at radius 3 is 2.62 bits per heavy atom. The maximum absolute atomic E-state index is 12.4. The van der Waals surface area contributed by atoms with Crippen LogP contribution in [0.2, 0.25) is 0 Å². The summed E-state index contributed by atoms with van der Waals surface area (Å²) in [6.07, 6.45) is 3.80. The smallest absolute Gasteiger partial charge is 0.328 e.